The van der Waals surface area contributed by atoms with Gasteiger partial charge in [0.25, 0.3) is 0 Å². The van der Waals surface area contributed by atoms with Crippen LogP contribution < -0.4 is 4.74 Å². The van der Waals surface area contributed by atoms with Crippen molar-refractivity contribution in [3.05, 3.63) is 65.2 Å². The van der Waals surface area contributed by atoms with Crippen molar-refractivity contribution in [3.63, 3.8) is 0 Å². The number of carbonyl (C=O) groups excluding carboxylic acids is 2. The molecule has 1 aliphatic heterocycles. The smallest absolute Gasteiger partial charge is 0.416 e. The van der Waals surface area contributed by atoms with Gasteiger partial charge in [-0.05, 0) is 30.5 Å². The van der Waals surface area contributed by atoms with Crippen molar-refractivity contribution >= 4 is 17.9 Å². The SMILES string of the molecule is COc1cccc(C(F)(F)F)c1CN(C(=O)N1CCCC1=O)C(Cc1ccccc1)C(O)C(=O)O. The summed E-state index contributed by atoms with van der Waals surface area (Å²) in [5.41, 5.74) is -0.955. The third kappa shape index (κ3) is 5.91. The first-order valence-electron chi connectivity index (χ1n) is 10.8. The molecule has 2 unspecified atom stereocenters. The Balaban J connectivity index is 2.14. The van der Waals surface area contributed by atoms with E-state index >= 15 is 0 Å². The van der Waals surface area contributed by atoms with Crippen LogP contribution in [0.5, 0.6) is 5.75 Å². The van der Waals surface area contributed by atoms with Gasteiger partial charge in [-0.1, -0.05) is 36.4 Å². The maximum Gasteiger partial charge on any atom is 0.416 e. The number of imide groups is 1. The molecule has 0 bridgehead atoms. The Hall–Kier alpha value is -3.60. The quantitative estimate of drug-likeness (QED) is 0.583. The number of aliphatic carboxylic acids is 1. The molecule has 3 rings (SSSR count). The van der Waals surface area contributed by atoms with Gasteiger partial charge in [-0.15, -0.1) is 0 Å². The molecule has 2 aromatic rings. The Morgan fingerprint density at radius 1 is 1.14 bits per heavy atom. The van der Waals surface area contributed by atoms with Gasteiger partial charge in [-0.3, -0.25) is 9.69 Å². The monoisotopic (exact) mass is 494 g/mol. The van der Waals surface area contributed by atoms with E-state index in [0.29, 0.717) is 12.0 Å². The minimum atomic E-state index is -4.80. The first-order chi connectivity index (χ1) is 16.5. The highest BCUT2D eigenvalue weighted by molar-refractivity contribution is 5.96. The number of halogens is 3. The lowest BCUT2D eigenvalue weighted by atomic mass is 9.97. The van der Waals surface area contributed by atoms with Gasteiger partial charge in [0.2, 0.25) is 5.91 Å². The van der Waals surface area contributed by atoms with Crippen molar-refractivity contribution in [1.82, 2.24) is 9.80 Å². The topological polar surface area (TPSA) is 107 Å². The third-order valence-corrected chi connectivity index (χ3v) is 5.84. The van der Waals surface area contributed by atoms with Crippen LogP contribution in [0.2, 0.25) is 0 Å². The number of aliphatic hydroxyl groups is 1. The first-order valence-corrected chi connectivity index (χ1v) is 10.8. The van der Waals surface area contributed by atoms with Gasteiger partial charge in [0.05, 0.1) is 25.3 Å². The van der Waals surface area contributed by atoms with E-state index in [0.717, 1.165) is 21.9 Å². The van der Waals surface area contributed by atoms with Gasteiger partial charge < -0.3 is 19.8 Å². The lowest BCUT2D eigenvalue weighted by Crippen LogP contribution is -2.55. The second kappa shape index (κ2) is 10.8. The number of rotatable bonds is 8. The number of aliphatic hydroxyl groups excluding tert-OH is 1. The van der Waals surface area contributed by atoms with E-state index in [1.54, 1.807) is 30.3 Å². The molecule has 0 saturated carbocycles. The number of carbonyl (C=O) groups is 3. The molecule has 35 heavy (non-hydrogen) atoms. The predicted octanol–water partition coefficient (Wildman–Crippen LogP) is 3.32. The Bertz CT molecular complexity index is 1080. The summed E-state index contributed by atoms with van der Waals surface area (Å²) in [5, 5.41) is 20.1. The number of hydrogen-bond acceptors (Lipinski definition) is 5. The molecule has 188 valence electrons. The Labute approximate surface area is 199 Å². The van der Waals surface area contributed by atoms with Crippen LogP contribution in [0, 0.1) is 0 Å². The molecular weight excluding hydrogens is 469 g/mol. The maximum atomic E-state index is 13.8. The number of hydrogen-bond donors (Lipinski definition) is 2. The zero-order valence-electron chi connectivity index (χ0n) is 18.9. The fourth-order valence-electron chi connectivity index (χ4n) is 4.10. The van der Waals surface area contributed by atoms with Crippen LogP contribution in [0.3, 0.4) is 0 Å². The molecule has 0 aromatic heterocycles. The Kier molecular flexibility index (Phi) is 8.00. The average Bonchev–Trinajstić information content (AvgIpc) is 3.26. The highest BCUT2D eigenvalue weighted by Gasteiger charge is 2.41. The summed E-state index contributed by atoms with van der Waals surface area (Å²) in [6, 6.07) is 9.10. The van der Waals surface area contributed by atoms with E-state index in [1.165, 1.54) is 13.2 Å². The molecule has 0 aliphatic carbocycles. The van der Waals surface area contributed by atoms with E-state index in [9.17, 15) is 37.8 Å². The van der Waals surface area contributed by atoms with Gasteiger partial charge >= 0.3 is 18.2 Å². The van der Waals surface area contributed by atoms with Crippen molar-refractivity contribution in [1.29, 1.82) is 0 Å². The van der Waals surface area contributed by atoms with E-state index in [4.69, 9.17) is 4.74 Å². The van der Waals surface area contributed by atoms with Crippen LogP contribution in [0.25, 0.3) is 0 Å². The first kappa shape index (κ1) is 26.0. The zero-order valence-corrected chi connectivity index (χ0v) is 18.9. The summed E-state index contributed by atoms with van der Waals surface area (Å²) in [6.45, 7) is -0.712. The summed E-state index contributed by atoms with van der Waals surface area (Å²) >= 11 is 0. The minimum absolute atomic E-state index is 0.0352. The molecule has 1 fully saturated rings. The number of amides is 3. The molecule has 1 heterocycles. The number of nitrogens with zero attached hydrogens (tertiary/aromatic N) is 2. The molecule has 0 spiro atoms. The molecule has 1 saturated heterocycles. The van der Waals surface area contributed by atoms with Crippen molar-refractivity contribution < 1.29 is 42.5 Å². The van der Waals surface area contributed by atoms with Crippen LogP contribution in [0.4, 0.5) is 18.0 Å². The fraction of sp³-hybridized carbons (Fsp3) is 0.375. The number of carboxylic acids is 1. The number of urea groups is 1. The molecule has 2 aromatic carbocycles. The fourth-order valence-corrected chi connectivity index (χ4v) is 4.10. The summed E-state index contributed by atoms with van der Waals surface area (Å²) < 4.78 is 46.7. The average molecular weight is 494 g/mol. The van der Waals surface area contributed by atoms with Crippen molar-refractivity contribution in [2.75, 3.05) is 13.7 Å². The van der Waals surface area contributed by atoms with Crippen molar-refractivity contribution in [2.24, 2.45) is 0 Å². The molecule has 3 amide bonds. The standard InChI is InChI=1S/C24H25F3N2O6/c1-35-19-10-5-9-17(24(25,26)27)16(19)14-29(23(34)28-12-6-11-20(28)30)18(21(31)22(32)33)13-15-7-3-2-4-8-15/h2-5,7-10,18,21,31H,6,11-14H2,1H3,(H,32,33). The van der Waals surface area contributed by atoms with Crippen LogP contribution in [0.1, 0.15) is 29.5 Å². The third-order valence-electron chi connectivity index (χ3n) is 5.84. The predicted molar refractivity (Wildman–Crippen MR) is 117 cm³/mol. The lowest BCUT2D eigenvalue weighted by Gasteiger charge is -2.36. The second-order valence-corrected chi connectivity index (χ2v) is 8.08. The number of alkyl halides is 3. The Morgan fingerprint density at radius 2 is 1.83 bits per heavy atom. The van der Waals surface area contributed by atoms with Gasteiger partial charge in [-0.25, -0.2) is 9.59 Å². The van der Waals surface area contributed by atoms with E-state index in [1.807, 2.05) is 0 Å². The van der Waals surface area contributed by atoms with E-state index in [-0.39, 0.29) is 25.1 Å². The minimum Gasteiger partial charge on any atom is -0.496 e. The normalized spacial score (nSPS) is 15.6. The van der Waals surface area contributed by atoms with Crippen molar-refractivity contribution in [2.45, 2.75) is 44.1 Å². The highest BCUT2D eigenvalue weighted by atomic mass is 19.4. The maximum absolute atomic E-state index is 13.8. The van der Waals surface area contributed by atoms with E-state index in [2.05, 4.69) is 0 Å². The van der Waals surface area contributed by atoms with Crippen LogP contribution in [-0.4, -0.2) is 63.7 Å². The molecular formula is C24H25F3N2O6. The van der Waals surface area contributed by atoms with Gasteiger partial charge in [0, 0.05) is 18.5 Å². The van der Waals surface area contributed by atoms with E-state index < -0.39 is 53.9 Å². The summed E-state index contributed by atoms with van der Waals surface area (Å²) in [4.78, 5) is 39.2. The molecule has 11 heteroatoms. The van der Waals surface area contributed by atoms with Crippen LogP contribution in [0.15, 0.2) is 48.5 Å². The van der Waals surface area contributed by atoms with Gasteiger partial charge in [-0.2, -0.15) is 13.2 Å². The highest BCUT2D eigenvalue weighted by Crippen LogP contribution is 2.37. The number of methoxy groups -OCH3 is 1. The number of benzene rings is 2. The molecule has 2 atom stereocenters. The lowest BCUT2D eigenvalue weighted by molar-refractivity contribution is -0.150. The van der Waals surface area contributed by atoms with Gasteiger partial charge in [0.1, 0.15) is 5.75 Å². The largest absolute Gasteiger partial charge is 0.496 e. The number of carboxylic acid groups (broad SMARTS) is 1. The van der Waals surface area contributed by atoms with Crippen LogP contribution >= 0.6 is 0 Å². The zero-order chi connectivity index (χ0) is 25.8. The summed E-state index contributed by atoms with van der Waals surface area (Å²) in [7, 11) is 1.17. The summed E-state index contributed by atoms with van der Waals surface area (Å²) in [6.07, 6.45) is -6.68. The van der Waals surface area contributed by atoms with Gasteiger partial charge in [0.15, 0.2) is 6.10 Å². The molecule has 8 nitrogen and oxygen atoms in total. The summed E-state index contributed by atoms with van der Waals surface area (Å²) in [5.74, 6) is -2.36. The molecule has 0 radical (unpaired) electrons. The molecule has 2 N–H and O–H groups in total. The Morgan fingerprint density at radius 3 is 2.37 bits per heavy atom. The molecule has 1 aliphatic rings. The second-order valence-electron chi connectivity index (χ2n) is 8.08. The van der Waals surface area contributed by atoms with Crippen molar-refractivity contribution in [3.8, 4) is 5.75 Å². The number of ether oxygens (including phenoxy) is 1. The number of likely N-dealkylation sites (tertiary alicyclic amines) is 1. The van der Waals surface area contributed by atoms with Crippen LogP contribution in [-0.2, 0) is 28.7 Å².